The minimum atomic E-state index is -0.368. The van der Waals surface area contributed by atoms with Crippen LogP contribution in [0.5, 0.6) is 0 Å². The maximum absolute atomic E-state index is 9.03. The summed E-state index contributed by atoms with van der Waals surface area (Å²) in [5.74, 6) is 0.750. The minimum Gasteiger partial charge on any atom is -0.392 e. The van der Waals surface area contributed by atoms with Crippen LogP contribution in [0, 0.1) is 0 Å². The van der Waals surface area contributed by atoms with Gasteiger partial charge in [-0.05, 0) is 13.2 Å². The summed E-state index contributed by atoms with van der Waals surface area (Å²) in [4.78, 5) is 8.05. The molecular formula is C8H13N3OS. The Morgan fingerprint density at radius 2 is 2.38 bits per heavy atom. The molecule has 5 heteroatoms. The van der Waals surface area contributed by atoms with Crippen LogP contribution < -0.4 is 5.32 Å². The number of aliphatic hydroxyl groups is 1. The van der Waals surface area contributed by atoms with Crippen LogP contribution in [0.15, 0.2) is 17.4 Å². The Bertz CT molecular complexity index is 267. The average molecular weight is 199 g/mol. The lowest BCUT2D eigenvalue weighted by Crippen LogP contribution is -2.16. The molecule has 0 aromatic carbocycles. The number of nitrogens with one attached hydrogen (secondary N) is 1. The maximum atomic E-state index is 9.03. The molecule has 0 fully saturated rings. The lowest BCUT2D eigenvalue weighted by molar-refractivity contribution is 0.208. The van der Waals surface area contributed by atoms with E-state index in [1.807, 2.05) is 12.3 Å². The summed E-state index contributed by atoms with van der Waals surface area (Å²) in [6.07, 6.45) is 3.10. The van der Waals surface area contributed by atoms with Gasteiger partial charge in [0.05, 0.1) is 6.10 Å². The summed E-state index contributed by atoms with van der Waals surface area (Å²) < 4.78 is 0. The normalized spacial score (nSPS) is 12.5. The predicted octanol–water partition coefficient (Wildman–Crippen LogP) is 0.991. The third kappa shape index (κ3) is 3.61. The Balaban J connectivity index is 2.56. The molecule has 1 heterocycles. The molecule has 0 aliphatic heterocycles. The zero-order valence-electron chi connectivity index (χ0n) is 7.69. The molecule has 0 aliphatic rings. The van der Waals surface area contributed by atoms with Crippen molar-refractivity contribution in [2.24, 2.45) is 0 Å². The van der Waals surface area contributed by atoms with Gasteiger partial charge in [0.2, 0.25) is 0 Å². The van der Waals surface area contributed by atoms with Crippen molar-refractivity contribution in [3.8, 4) is 0 Å². The number of anilines is 1. The van der Waals surface area contributed by atoms with Gasteiger partial charge in [0, 0.05) is 12.6 Å². The van der Waals surface area contributed by atoms with Crippen molar-refractivity contribution in [1.29, 1.82) is 0 Å². The number of thioether (sulfide) groups is 1. The molecular weight excluding hydrogens is 186 g/mol. The highest BCUT2D eigenvalue weighted by Crippen LogP contribution is 2.13. The molecule has 0 saturated heterocycles. The van der Waals surface area contributed by atoms with Crippen molar-refractivity contribution in [3.63, 3.8) is 0 Å². The molecule has 2 N–H and O–H groups in total. The van der Waals surface area contributed by atoms with Crippen molar-refractivity contribution < 1.29 is 5.11 Å². The van der Waals surface area contributed by atoms with Crippen LogP contribution in [0.25, 0.3) is 0 Å². The Hall–Kier alpha value is -0.810. The van der Waals surface area contributed by atoms with Crippen molar-refractivity contribution >= 4 is 17.6 Å². The highest BCUT2D eigenvalue weighted by atomic mass is 32.2. The molecule has 1 aromatic heterocycles. The SMILES string of the molecule is CSc1cc(NCC(C)O)ncn1. The van der Waals surface area contributed by atoms with Crippen LogP contribution in [0.3, 0.4) is 0 Å². The van der Waals surface area contributed by atoms with E-state index in [0.29, 0.717) is 6.54 Å². The molecule has 1 aromatic rings. The maximum Gasteiger partial charge on any atom is 0.130 e. The molecule has 72 valence electrons. The van der Waals surface area contributed by atoms with Gasteiger partial charge in [-0.1, -0.05) is 0 Å². The fraction of sp³-hybridized carbons (Fsp3) is 0.500. The fourth-order valence-corrected chi connectivity index (χ4v) is 1.18. The lowest BCUT2D eigenvalue weighted by Gasteiger charge is -2.07. The number of aliphatic hydroxyl groups excluding tert-OH is 1. The van der Waals surface area contributed by atoms with E-state index in [0.717, 1.165) is 10.8 Å². The zero-order chi connectivity index (χ0) is 9.68. The zero-order valence-corrected chi connectivity index (χ0v) is 8.51. The quantitative estimate of drug-likeness (QED) is 0.559. The molecule has 0 amide bonds. The Morgan fingerprint density at radius 3 is 3.00 bits per heavy atom. The van der Waals surface area contributed by atoms with E-state index in [1.54, 1.807) is 18.7 Å². The molecule has 4 nitrogen and oxygen atoms in total. The Morgan fingerprint density at radius 1 is 1.62 bits per heavy atom. The van der Waals surface area contributed by atoms with E-state index in [-0.39, 0.29) is 6.10 Å². The third-order valence-corrected chi connectivity index (χ3v) is 2.07. The van der Waals surface area contributed by atoms with Crippen molar-refractivity contribution in [1.82, 2.24) is 9.97 Å². The van der Waals surface area contributed by atoms with Gasteiger partial charge in [-0.2, -0.15) is 0 Å². The van der Waals surface area contributed by atoms with Gasteiger partial charge in [0.25, 0.3) is 0 Å². The first-order chi connectivity index (χ1) is 6.22. The van der Waals surface area contributed by atoms with Crippen LogP contribution in [0.2, 0.25) is 0 Å². The van der Waals surface area contributed by atoms with Crippen molar-refractivity contribution in [2.45, 2.75) is 18.1 Å². The number of nitrogens with zero attached hydrogens (tertiary/aromatic N) is 2. The van der Waals surface area contributed by atoms with Crippen LogP contribution in [-0.2, 0) is 0 Å². The number of hydrogen-bond donors (Lipinski definition) is 2. The van der Waals surface area contributed by atoms with Gasteiger partial charge in [0.15, 0.2) is 0 Å². The molecule has 0 aliphatic carbocycles. The summed E-state index contributed by atoms with van der Waals surface area (Å²) in [5.41, 5.74) is 0. The average Bonchev–Trinajstić information content (AvgIpc) is 2.15. The van der Waals surface area contributed by atoms with E-state index in [2.05, 4.69) is 15.3 Å². The van der Waals surface area contributed by atoms with Crippen LogP contribution >= 0.6 is 11.8 Å². The summed E-state index contributed by atoms with van der Waals surface area (Å²) >= 11 is 1.56. The standard InChI is InChI=1S/C8H13N3OS/c1-6(12)4-9-7-3-8(13-2)11-5-10-7/h3,5-6,12H,4H2,1-2H3,(H,9,10,11). The molecule has 0 radical (unpaired) electrons. The van der Waals surface area contributed by atoms with E-state index in [4.69, 9.17) is 5.11 Å². The highest BCUT2D eigenvalue weighted by molar-refractivity contribution is 7.98. The number of rotatable bonds is 4. The Kier molecular flexibility index (Phi) is 3.98. The monoisotopic (exact) mass is 199 g/mol. The molecule has 0 saturated carbocycles. The molecule has 1 atom stereocenters. The van der Waals surface area contributed by atoms with Gasteiger partial charge in [-0.25, -0.2) is 9.97 Å². The van der Waals surface area contributed by atoms with Crippen molar-refractivity contribution in [3.05, 3.63) is 12.4 Å². The first-order valence-electron chi connectivity index (χ1n) is 4.00. The van der Waals surface area contributed by atoms with Crippen LogP contribution in [0.1, 0.15) is 6.92 Å². The predicted molar refractivity (Wildman–Crippen MR) is 54.0 cm³/mol. The van der Waals surface area contributed by atoms with Gasteiger partial charge in [0.1, 0.15) is 17.2 Å². The highest BCUT2D eigenvalue weighted by Gasteiger charge is 1.98. The second kappa shape index (κ2) is 5.04. The molecule has 1 rings (SSSR count). The third-order valence-electron chi connectivity index (χ3n) is 1.43. The second-order valence-electron chi connectivity index (χ2n) is 2.68. The smallest absolute Gasteiger partial charge is 0.130 e. The van der Waals surface area contributed by atoms with Crippen LogP contribution in [0.4, 0.5) is 5.82 Å². The minimum absolute atomic E-state index is 0.368. The second-order valence-corrected chi connectivity index (χ2v) is 3.50. The summed E-state index contributed by atoms with van der Waals surface area (Å²) in [6, 6.07) is 1.85. The van der Waals surface area contributed by atoms with Gasteiger partial charge >= 0.3 is 0 Å². The fourth-order valence-electron chi connectivity index (χ4n) is 0.800. The number of hydrogen-bond acceptors (Lipinski definition) is 5. The lowest BCUT2D eigenvalue weighted by atomic mass is 10.4. The number of aromatic nitrogens is 2. The summed E-state index contributed by atoms with van der Waals surface area (Å²) in [7, 11) is 0. The van der Waals surface area contributed by atoms with E-state index < -0.39 is 0 Å². The van der Waals surface area contributed by atoms with Crippen molar-refractivity contribution in [2.75, 3.05) is 18.1 Å². The van der Waals surface area contributed by atoms with Gasteiger partial charge < -0.3 is 10.4 Å². The largest absolute Gasteiger partial charge is 0.392 e. The molecule has 1 unspecified atom stereocenters. The molecule has 0 spiro atoms. The van der Waals surface area contributed by atoms with Gasteiger partial charge in [-0.15, -0.1) is 11.8 Å². The van der Waals surface area contributed by atoms with E-state index in [1.165, 1.54) is 6.33 Å². The van der Waals surface area contributed by atoms with Gasteiger partial charge in [-0.3, -0.25) is 0 Å². The molecule has 13 heavy (non-hydrogen) atoms. The Labute approximate surface area is 81.8 Å². The summed E-state index contributed by atoms with van der Waals surface area (Å²) in [5, 5.41) is 13.0. The van der Waals surface area contributed by atoms with Crippen LogP contribution in [-0.4, -0.2) is 34.0 Å². The molecule has 0 bridgehead atoms. The topological polar surface area (TPSA) is 58.0 Å². The first-order valence-corrected chi connectivity index (χ1v) is 5.23. The summed E-state index contributed by atoms with van der Waals surface area (Å²) in [6.45, 7) is 2.23. The van der Waals surface area contributed by atoms with E-state index >= 15 is 0 Å². The first kappa shape index (κ1) is 10.3. The van der Waals surface area contributed by atoms with E-state index in [9.17, 15) is 0 Å².